The third-order valence-electron chi connectivity index (χ3n) is 6.49. The average Bonchev–Trinajstić information content (AvgIpc) is 3.63. The topological polar surface area (TPSA) is 134 Å². The SMILES string of the molecule is CCC1(C)NC(=O)N(NC(=O)CSc2nnc(-c3c[nH]c4ccccc34)n2CC2CCCO2)C1=O. The van der Waals surface area contributed by atoms with E-state index in [-0.39, 0.29) is 11.9 Å². The van der Waals surface area contributed by atoms with Gasteiger partial charge in [0.25, 0.3) is 5.91 Å². The first-order chi connectivity index (χ1) is 16.9. The van der Waals surface area contributed by atoms with Gasteiger partial charge in [-0.05, 0) is 32.3 Å². The lowest BCUT2D eigenvalue weighted by Gasteiger charge is -2.19. The monoisotopic (exact) mass is 497 g/mol. The highest BCUT2D eigenvalue weighted by molar-refractivity contribution is 7.99. The van der Waals surface area contributed by atoms with E-state index in [9.17, 15) is 14.4 Å². The van der Waals surface area contributed by atoms with Gasteiger partial charge in [0.1, 0.15) is 5.54 Å². The van der Waals surface area contributed by atoms with Gasteiger partial charge in [-0.2, -0.15) is 5.01 Å². The van der Waals surface area contributed by atoms with Gasteiger partial charge in [0.2, 0.25) is 5.91 Å². The Labute approximate surface area is 205 Å². The van der Waals surface area contributed by atoms with Gasteiger partial charge in [0.05, 0.1) is 18.4 Å². The molecule has 35 heavy (non-hydrogen) atoms. The van der Waals surface area contributed by atoms with Crippen molar-refractivity contribution in [3.8, 4) is 11.4 Å². The number of imide groups is 1. The Kier molecular flexibility index (Phi) is 6.24. The highest BCUT2D eigenvalue weighted by Crippen LogP contribution is 2.31. The van der Waals surface area contributed by atoms with Crippen LogP contribution < -0.4 is 10.7 Å². The number of H-pyrrole nitrogens is 1. The number of urea groups is 1. The Morgan fingerprint density at radius 3 is 2.89 bits per heavy atom. The summed E-state index contributed by atoms with van der Waals surface area (Å²) in [7, 11) is 0. The largest absolute Gasteiger partial charge is 0.376 e. The van der Waals surface area contributed by atoms with Crippen molar-refractivity contribution in [3.63, 3.8) is 0 Å². The van der Waals surface area contributed by atoms with Crippen molar-refractivity contribution in [1.29, 1.82) is 0 Å². The fraction of sp³-hybridized carbons (Fsp3) is 0.435. The van der Waals surface area contributed by atoms with Crippen LogP contribution in [0.5, 0.6) is 0 Å². The molecule has 0 saturated carbocycles. The number of nitrogens with one attached hydrogen (secondary N) is 3. The number of hydrogen-bond donors (Lipinski definition) is 3. The molecular weight excluding hydrogens is 470 g/mol. The number of thioether (sulfide) groups is 1. The lowest BCUT2D eigenvalue weighted by molar-refractivity contribution is -0.137. The van der Waals surface area contributed by atoms with Crippen molar-refractivity contribution in [2.45, 2.75) is 56.5 Å². The summed E-state index contributed by atoms with van der Waals surface area (Å²) in [5, 5.41) is 13.8. The van der Waals surface area contributed by atoms with Crippen LogP contribution in [0.4, 0.5) is 4.79 Å². The first-order valence-electron chi connectivity index (χ1n) is 11.6. The Bertz CT molecular complexity index is 1280. The Morgan fingerprint density at radius 2 is 2.14 bits per heavy atom. The van der Waals surface area contributed by atoms with Crippen LogP contribution in [0, 0.1) is 0 Å². The number of rotatable bonds is 8. The number of aromatic amines is 1. The quantitative estimate of drug-likeness (QED) is 0.321. The number of ether oxygens (including phenoxy) is 1. The number of benzene rings is 1. The zero-order valence-electron chi connectivity index (χ0n) is 19.5. The lowest BCUT2D eigenvalue weighted by Crippen LogP contribution is -2.49. The second kappa shape index (κ2) is 9.34. The molecule has 5 rings (SSSR count). The van der Waals surface area contributed by atoms with Crippen LogP contribution in [-0.4, -0.2) is 66.6 Å². The average molecular weight is 498 g/mol. The van der Waals surface area contributed by atoms with Crippen LogP contribution in [-0.2, 0) is 20.9 Å². The van der Waals surface area contributed by atoms with E-state index in [1.54, 1.807) is 13.8 Å². The predicted molar refractivity (Wildman–Crippen MR) is 129 cm³/mol. The first kappa shape index (κ1) is 23.4. The molecule has 2 fully saturated rings. The fourth-order valence-electron chi connectivity index (χ4n) is 4.32. The maximum atomic E-state index is 12.6. The van der Waals surface area contributed by atoms with Gasteiger partial charge in [-0.3, -0.25) is 19.6 Å². The van der Waals surface area contributed by atoms with Crippen molar-refractivity contribution in [2.75, 3.05) is 12.4 Å². The van der Waals surface area contributed by atoms with Crippen LogP contribution in [0.3, 0.4) is 0 Å². The lowest BCUT2D eigenvalue weighted by atomic mass is 10.00. The smallest absolute Gasteiger partial charge is 0.344 e. The van der Waals surface area contributed by atoms with Crippen molar-refractivity contribution in [2.24, 2.45) is 0 Å². The molecule has 12 heteroatoms. The second-order valence-electron chi connectivity index (χ2n) is 8.88. The molecular formula is C23H27N7O4S. The summed E-state index contributed by atoms with van der Waals surface area (Å²) in [5.41, 5.74) is 3.31. The molecule has 2 unspecified atom stereocenters. The Balaban J connectivity index is 1.34. The van der Waals surface area contributed by atoms with E-state index >= 15 is 0 Å². The van der Waals surface area contributed by atoms with E-state index in [0.29, 0.717) is 23.9 Å². The molecule has 2 atom stereocenters. The van der Waals surface area contributed by atoms with Gasteiger partial charge in [0, 0.05) is 29.3 Å². The van der Waals surface area contributed by atoms with E-state index in [4.69, 9.17) is 4.74 Å². The number of hydrogen-bond acceptors (Lipinski definition) is 7. The molecule has 4 amide bonds. The third-order valence-corrected chi connectivity index (χ3v) is 7.46. The fourth-order valence-corrected chi connectivity index (χ4v) is 5.06. The summed E-state index contributed by atoms with van der Waals surface area (Å²) in [6.45, 7) is 4.72. The first-order valence-corrected chi connectivity index (χ1v) is 12.6. The van der Waals surface area contributed by atoms with Crippen LogP contribution in [0.25, 0.3) is 22.3 Å². The zero-order chi connectivity index (χ0) is 24.6. The van der Waals surface area contributed by atoms with Crippen LogP contribution in [0.2, 0.25) is 0 Å². The molecule has 3 N–H and O–H groups in total. The molecule has 184 valence electrons. The molecule has 2 aliphatic heterocycles. The van der Waals surface area contributed by atoms with Crippen LogP contribution in [0.15, 0.2) is 35.6 Å². The van der Waals surface area contributed by atoms with Gasteiger partial charge in [0.15, 0.2) is 11.0 Å². The number of carbonyl (C=O) groups excluding carboxylic acids is 3. The second-order valence-corrected chi connectivity index (χ2v) is 9.82. The predicted octanol–water partition coefficient (Wildman–Crippen LogP) is 2.45. The van der Waals surface area contributed by atoms with E-state index in [1.807, 2.05) is 35.0 Å². The minimum Gasteiger partial charge on any atom is -0.376 e. The number of para-hydroxylation sites is 1. The maximum Gasteiger partial charge on any atom is 0.344 e. The van der Waals surface area contributed by atoms with Gasteiger partial charge in [-0.15, -0.1) is 10.2 Å². The number of fused-ring (bicyclic) bond motifs is 1. The molecule has 2 aliphatic rings. The highest BCUT2D eigenvalue weighted by atomic mass is 32.2. The van der Waals surface area contributed by atoms with E-state index < -0.39 is 23.4 Å². The van der Waals surface area contributed by atoms with Gasteiger partial charge in [-0.1, -0.05) is 36.9 Å². The normalized spacial score (nSPS) is 22.2. The highest BCUT2D eigenvalue weighted by Gasteiger charge is 2.47. The van der Waals surface area contributed by atoms with Gasteiger partial charge in [-0.25, -0.2) is 4.79 Å². The molecule has 0 spiro atoms. The summed E-state index contributed by atoms with van der Waals surface area (Å²) in [6.07, 6.45) is 4.31. The van der Waals surface area contributed by atoms with Crippen molar-refractivity contribution >= 4 is 40.5 Å². The Hall–Kier alpha value is -3.38. The summed E-state index contributed by atoms with van der Waals surface area (Å²) in [5.74, 6) is -0.323. The summed E-state index contributed by atoms with van der Waals surface area (Å²) >= 11 is 1.20. The number of hydrazine groups is 1. The zero-order valence-corrected chi connectivity index (χ0v) is 20.4. The molecule has 0 aliphatic carbocycles. The summed E-state index contributed by atoms with van der Waals surface area (Å²) < 4.78 is 7.83. The van der Waals surface area contributed by atoms with Gasteiger partial charge >= 0.3 is 6.03 Å². The third kappa shape index (κ3) is 4.39. The van der Waals surface area contributed by atoms with Crippen molar-refractivity contribution in [1.82, 2.24) is 35.5 Å². The number of nitrogens with zero attached hydrogens (tertiary/aromatic N) is 4. The van der Waals surface area contributed by atoms with Crippen LogP contribution in [0.1, 0.15) is 33.1 Å². The minimum atomic E-state index is -1.02. The van der Waals surface area contributed by atoms with E-state index in [2.05, 4.69) is 25.9 Å². The van der Waals surface area contributed by atoms with E-state index in [1.165, 1.54) is 11.8 Å². The summed E-state index contributed by atoms with van der Waals surface area (Å²) in [6, 6.07) is 7.32. The van der Waals surface area contributed by atoms with Gasteiger partial charge < -0.3 is 15.0 Å². The molecule has 4 heterocycles. The van der Waals surface area contributed by atoms with Crippen LogP contribution >= 0.6 is 11.8 Å². The standard InChI is InChI=1S/C23H27N7O4S/c1-3-23(2)20(32)30(21(33)25-23)28-18(31)13-35-22-27-26-19(29(22)12-14-7-6-10-34-14)16-11-24-17-9-5-4-8-15(16)17/h4-5,8-9,11,14,24H,3,6-7,10,12-13H2,1-2H3,(H,25,33)(H,28,31). The number of carbonyl (C=O) groups is 3. The van der Waals surface area contributed by atoms with Crippen molar-refractivity contribution in [3.05, 3.63) is 30.5 Å². The molecule has 3 aromatic rings. The minimum absolute atomic E-state index is 0.0424. The number of amides is 4. The Morgan fingerprint density at radius 1 is 1.31 bits per heavy atom. The maximum absolute atomic E-state index is 12.6. The molecule has 2 aromatic heterocycles. The molecule has 1 aromatic carbocycles. The van der Waals surface area contributed by atoms with Crippen molar-refractivity contribution < 1.29 is 19.1 Å². The molecule has 2 saturated heterocycles. The molecule has 0 radical (unpaired) electrons. The van der Waals surface area contributed by atoms with E-state index in [0.717, 1.165) is 40.9 Å². The summed E-state index contributed by atoms with van der Waals surface area (Å²) in [4.78, 5) is 40.6. The molecule has 0 bridgehead atoms. The molecule has 11 nitrogen and oxygen atoms in total. The number of aromatic nitrogens is 4.